The normalized spacial score (nSPS) is 11.5. The maximum atomic E-state index is 9.79. The molecule has 258 valence electrons. The average Bonchev–Trinajstić information content (AvgIpc) is 3.80. The average molecular weight is 711 g/mol. The van der Waals surface area contributed by atoms with Crippen LogP contribution in [0.2, 0.25) is 0 Å². The molecule has 0 unspecified atom stereocenters. The Hall–Kier alpha value is -7.92. The number of rotatable bonds is 4. The lowest BCUT2D eigenvalue weighted by atomic mass is 9.94. The fraction of sp³-hybridized carbons (Fsp3) is 0. The third-order valence-electron chi connectivity index (χ3n) is 11.4. The smallest absolute Gasteiger partial charge is 0.0991 e. The molecule has 0 saturated carbocycles. The monoisotopic (exact) mass is 710 g/mol. The van der Waals surface area contributed by atoms with Gasteiger partial charge < -0.3 is 9.13 Å². The molecule has 0 aliphatic carbocycles. The van der Waals surface area contributed by atoms with E-state index in [0.29, 0.717) is 11.1 Å². The van der Waals surface area contributed by atoms with E-state index >= 15 is 0 Å². The van der Waals surface area contributed by atoms with Gasteiger partial charge in [0.1, 0.15) is 0 Å². The summed E-state index contributed by atoms with van der Waals surface area (Å²) in [5.41, 5.74) is 11.8. The van der Waals surface area contributed by atoms with Crippen molar-refractivity contribution in [3.05, 3.63) is 193 Å². The molecular formula is C52H30N4. The fourth-order valence-corrected chi connectivity index (χ4v) is 8.82. The van der Waals surface area contributed by atoms with Crippen LogP contribution in [-0.4, -0.2) is 9.13 Å². The molecule has 0 bridgehead atoms. The highest BCUT2D eigenvalue weighted by molar-refractivity contribution is 6.20. The van der Waals surface area contributed by atoms with Crippen molar-refractivity contribution in [2.45, 2.75) is 0 Å². The van der Waals surface area contributed by atoms with Crippen LogP contribution in [0.4, 0.5) is 0 Å². The molecule has 11 rings (SSSR count). The molecular weight excluding hydrogens is 681 g/mol. The highest BCUT2D eigenvalue weighted by Gasteiger charge is 2.24. The van der Waals surface area contributed by atoms with Gasteiger partial charge in [0.05, 0.1) is 56.7 Å². The van der Waals surface area contributed by atoms with Gasteiger partial charge in [-0.2, -0.15) is 10.5 Å². The number of hydrogen-bond acceptors (Lipinski definition) is 2. The summed E-state index contributed by atoms with van der Waals surface area (Å²) < 4.78 is 4.89. The summed E-state index contributed by atoms with van der Waals surface area (Å²) in [6.07, 6.45) is 0. The van der Waals surface area contributed by atoms with Crippen molar-refractivity contribution in [2.24, 2.45) is 0 Å². The number of nitriles is 2. The molecule has 4 heteroatoms. The summed E-state index contributed by atoms with van der Waals surface area (Å²) in [7, 11) is 0. The molecule has 0 aliphatic rings. The summed E-state index contributed by atoms with van der Waals surface area (Å²) in [6.45, 7) is 0. The zero-order valence-corrected chi connectivity index (χ0v) is 30.1. The summed E-state index contributed by atoms with van der Waals surface area (Å²) in [5, 5.41) is 29.0. The first-order valence-electron chi connectivity index (χ1n) is 18.7. The van der Waals surface area contributed by atoms with Gasteiger partial charge in [-0.1, -0.05) is 133 Å². The number of hydrogen-bond donors (Lipinski definition) is 0. The third kappa shape index (κ3) is 4.64. The predicted octanol–water partition coefficient (Wildman–Crippen LogP) is 13.3. The molecule has 0 saturated heterocycles. The molecule has 0 spiro atoms. The van der Waals surface area contributed by atoms with E-state index in [4.69, 9.17) is 0 Å². The minimum Gasteiger partial charge on any atom is -0.308 e. The number of para-hydroxylation sites is 2. The van der Waals surface area contributed by atoms with E-state index in [9.17, 15) is 10.5 Å². The lowest BCUT2D eigenvalue weighted by Gasteiger charge is -2.22. The molecule has 0 atom stereocenters. The first-order valence-corrected chi connectivity index (χ1v) is 18.7. The van der Waals surface area contributed by atoms with Crippen LogP contribution in [-0.2, 0) is 0 Å². The SMILES string of the molecule is N#Cc1ccc(-c2cc(-c3ccc(C#N)cc3)c(-n3c4ccccc4c4ccc5ccccc5c43)cc2-n2c3ccccc3c3ccc4ccccc4c32)cc1. The molecule has 0 fully saturated rings. The Kier molecular flexibility index (Phi) is 6.95. The first kappa shape index (κ1) is 31.6. The van der Waals surface area contributed by atoms with Crippen LogP contribution in [0.3, 0.4) is 0 Å². The number of nitrogens with zero attached hydrogens (tertiary/aromatic N) is 4. The van der Waals surface area contributed by atoms with E-state index in [1.54, 1.807) is 0 Å². The second kappa shape index (κ2) is 12.3. The van der Waals surface area contributed by atoms with E-state index < -0.39 is 0 Å². The topological polar surface area (TPSA) is 57.4 Å². The highest BCUT2D eigenvalue weighted by Crippen LogP contribution is 2.45. The van der Waals surface area contributed by atoms with E-state index in [1.165, 1.54) is 43.1 Å². The van der Waals surface area contributed by atoms with Crippen molar-refractivity contribution in [1.29, 1.82) is 10.5 Å². The molecule has 2 heterocycles. The Morgan fingerprint density at radius 1 is 0.339 bits per heavy atom. The van der Waals surface area contributed by atoms with Crippen molar-refractivity contribution < 1.29 is 0 Å². The summed E-state index contributed by atoms with van der Waals surface area (Å²) in [4.78, 5) is 0. The number of fused-ring (bicyclic) bond motifs is 10. The van der Waals surface area contributed by atoms with E-state index in [1.807, 2.05) is 24.3 Å². The second-order valence-corrected chi connectivity index (χ2v) is 14.3. The molecule has 9 aromatic carbocycles. The molecule has 0 radical (unpaired) electrons. The minimum absolute atomic E-state index is 0.610. The van der Waals surface area contributed by atoms with Gasteiger partial charge in [0, 0.05) is 43.4 Å². The van der Waals surface area contributed by atoms with Gasteiger partial charge in [-0.3, -0.25) is 0 Å². The van der Waals surface area contributed by atoms with Crippen molar-refractivity contribution >= 4 is 65.2 Å². The Balaban J connectivity index is 1.37. The van der Waals surface area contributed by atoms with Crippen LogP contribution >= 0.6 is 0 Å². The Labute approximate surface area is 322 Å². The van der Waals surface area contributed by atoms with E-state index in [2.05, 4.69) is 179 Å². The molecule has 4 nitrogen and oxygen atoms in total. The van der Waals surface area contributed by atoms with Gasteiger partial charge in [0.15, 0.2) is 0 Å². The number of benzene rings is 9. The largest absolute Gasteiger partial charge is 0.308 e. The van der Waals surface area contributed by atoms with Crippen molar-refractivity contribution in [1.82, 2.24) is 9.13 Å². The van der Waals surface area contributed by atoms with E-state index in [0.717, 1.165) is 55.7 Å². The molecule has 0 amide bonds. The highest BCUT2D eigenvalue weighted by atomic mass is 15.0. The third-order valence-corrected chi connectivity index (χ3v) is 11.4. The van der Waals surface area contributed by atoms with Gasteiger partial charge in [-0.25, -0.2) is 0 Å². The minimum atomic E-state index is 0.610. The first-order chi connectivity index (χ1) is 27.7. The lowest BCUT2D eigenvalue weighted by Crippen LogP contribution is -2.04. The summed E-state index contributed by atoms with van der Waals surface area (Å²) >= 11 is 0. The molecule has 56 heavy (non-hydrogen) atoms. The second-order valence-electron chi connectivity index (χ2n) is 14.3. The zero-order chi connectivity index (χ0) is 37.3. The van der Waals surface area contributed by atoms with Crippen molar-refractivity contribution in [3.63, 3.8) is 0 Å². The van der Waals surface area contributed by atoms with Crippen LogP contribution < -0.4 is 0 Å². The van der Waals surface area contributed by atoms with Gasteiger partial charge >= 0.3 is 0 Å². The zero-order valence-electron chi connectivity index (χ0n) is 30.1. The predicted molar refractivity (Wildman–Crippen MR) is 230 cm³/mol. The maximum absolute atomic E-state index is 9.79. The van der Waals surface area contributed by atoms with Crippen LogP contribution in [0.1, 0.15) is 11.1 Å². The Morgan fingerprint density at radius 2 is 0.732 bits per heavy atom. The van der Waals surface area contributed by atoms with Crippen LogP contribution in [0.5, 0.6) is 0 Å². The van der Waals surface area contributed by atoms with Crippen LogP contribution in [0.15, 0.2) is 182 Å². The molecule has 0 aliphatic heterocycles. The van der Waals surface area contributed by atoms with Crippen LogP contribution in [0, 0.1) is 22.7 Å². The molecule has 0 N–H and O–H groups in total. The van der Waals surface area contributed by atoms with Crippen molar-refractivity contribution in [2.75, 3.05) is 0 Å². The number of aromatic nitrogens is 2. The summed E-state index contributed by atoms with van der Waals surface area (Å²) in [6, 6.07) is 68.6. The van der Waals surface area contributed by atoms with Gasteiger partial charge in [-0.05, 0) is 70.4 Å². The Morgan fingerprint density at radius 3 is 1.16 bits per heavy atom. The molecule has 2 aromatic heterocycles. The standard InChI is InChI=1S/C52H30N4/c53-31-33-17-21-37(22-18-33)45-29-46(38-23-19-34(32-54)20-24-38)50(56-48-16-8-6-14-42(48)44-28-26-36-10-2-4-12-40(36)52(44)56)30-49(45)55-47-15-7-5-13-41(47)43-27-25-35-9-1-3-11-39(35)51(43)55/h1-30H. The van der Waals surface area contributed by atoms with Crippen LogP contribution in [0.25, 0.3) is 98.8 Å². The van der Waals surface area contributed by atoms with E-state index in [-0.39, 0.29) is 0 Å². The fourth-order valence-electron chi connectivity index (χ4n) is 8.82. The van der Waals surface area contributed by atoms with Gasteiger partial charge in [0.25, 0.3) is 0 Å². The quantitative estimate of drug-likeness (QED) is 0.183. The molecule has 11 aromatic rings. The van der Waals surface area contributed by atoms with Gasteiger partial charge in [0.2, 0.25) is 0 Å². The maximum Gasteiger partial charge on any atom is 0.0991 e. The van der Waals surface area contributed by atoms with Crippen molar-refractivity contribution in [3.8, 4) is 45.8 Å². The summed E-state index contributed by atoms with van der Waals surface area (Å²) in [5.74, 6) is 0. The van der Waals surface area contributed by atoms with Gasteiger partial charge in [-0.15, -0.1) is 0 Å². The Bertz CT molecular complexity index is 3250. The lowest BCUT2D eigenvalue weighted by molar-refractivity contribution is 1.14.